The van der Waals surface area contributed by atoms with Gasteiger partial charge in [-0.2, -0.15) is 4.52 Å². The van der Waals surface area contributed by atoms with E-state index in [1.807, 2.05) is 24.3 Å². The second-order valence-electron chi connectivity index (χ2n) is 4.30. The minimum absolute atomic E-state index is 0.0764. The lowest BCUT2D eigenvalue weighted by atomic mass is 10.2. The normalized spacial score (nSPS) is 15.0. The molecule has 4 rings (SSSR count). The Morgan fingerprint density at radius 3 is 3.00 bits per heavy atom. The Balaban J connectivity index is 1.68. The summed E-state index contributed by atoms with van der Waals surface area (Å²) in [7, 11) is 0. The van der Waals surface area contributed by atoms with Crippen molar-refractivity contribution in [2.45, 2.75) is 5.16 Å². The van der Waals surface area contributed by atoms with Crippen molar-refractivity contribution in [3.8, 4) is 0 Å². The maximum atomic E-state index is 11.1. The van der Waals surface area contributed by atoms with Gasteiger partial charge in [-0.15, -0.1) is 15.3 Å². The summed E-state index contributed by atoms with van der Waals surface area (Å²) >= 11 is 2.91. The number of carbonyl (C=O) groups excluding carboxylic acids is 1. The molecule has 3 aromatic rings. The van der Waals surface area contributed by atoms with E-state index in [9.17, 15) is 4.79 Å². The fraction of sp³-hybridized carbons (Fsp3) is 0.167. The maximum absolute atomic E-state index is 11.1. The third-order valence-electron chi connectivity index (χ3n) is 2.94. The van der Waals surface area contributed by atoms with Crippen molar-refractivity contribution >= 4 is 51.0 Å². The first-order valence-electron chi connectivity index (χ1n) is 6.14. The summed E-state index contributed by atoms with van der Waals surface area (Å²) in [5.41, 5.74) is 1.47. The highest BCUT2D eigenvalue weighted by atomic mass is 32.2. The Kier molecular flexibility index (Phi) is 3.08. The third-order valence-corrected chi connectivity index (χ3v) is 5.01. The van der Waals surface area contributed by atoms with Crippen LogP contribution in [-0.4, -0.2) is 47.5 Å². The first kappa shape index (κ1) is 12.7. The number of nitrogens with zero attached hydrogens (tertiary/aromatic N) is 6. The van der Waals surface area contributed by atoms with Crippen LogP contribution in [-0.2, 0) is 4.79 Å². The van der Waals surface area contributed by atoms with Gasteiger partial charge in [-0.25, -0.2) is 4.99 Å². The zero-order valence-corrected chi connectivity index (χ0v) is 12.3. The van der Waals surface area contributed by atoms with E-state index in [1.165, 1.54) is 23.5 Å². The maximum Gasteiger partial charge on any atom is 0.256 e. The third kappa shape index (κ3) is 2.28. The van der Waals surface area contributed by atoms with Crippen molar-refractivity contribution in [2.75, 3.05) is 11.5 Å². The number of rotatable bonds is 3. The number of fused-ring (bicyclic) bond motifs is 3. The Hall–Kier alpha value is -2.00. The van der Waals surface area contributed by atoms with Gasteiger partial charge < -0.3 is 0 Å². The zero-order valence-electron chi connectivity index (χ0n) is 10.6. The van der Waals surface area contributed by atoms with Gasteiger partial charge in [0.1, 0.15) is 0 Å². The van der Waals surface area contributed by atoms with Crippen LogP contribution in [0.3, 0.4) is 0 Å². The lowest BCUT2D eigenvalue weighted by molar-refractivity contribution is -0.115. The standard InChI is InChI=1S/C12H8N6OS2/c19-9-5-20-10(13-9)6-21-12-16-15-11-7-3-1-2-4-8(7)14-17-18(11)12/h1-4H,5-6H2. The Labute approximate surface area is 127 Å². The van der Waals surface area contributed by atoms with Crippen molar-refractivity contribution in [3.05, 3.63) is 24.3 Å². The quantitative estimate of drug-likeness (QED) is 0.676. The summed E-state index contributed by atoms with van der Waals surface area (Å²) in [6.07, 6.45) is 0. The summed E-state index contributed by atoms with van der Waals surface area (Å²) in [6, 6.07) is 7.67. The molecule has 0 aliphatic carbocycles. The van der Waals surface area contributed by atoms with Gasteiger partial charge in [-0.3, -0.25) is 4.79 Å². The molecular formula is C12H8N6OS2. The molecule has 0 radical (unpaired) electrons. The van der Waals surface area contributed by atoms with Crippen molar-refractivity contribution in [3.63, 3.8) is 0 Å². The van der Waals surface area contributed by atoms with Crippen molar-refractivity contribution < 1.29 is 4.79 Å². The van der Waals surface area contributed by atoms with E-state index in [2.05, 4.69) is 25.5 Å². The molecule has 0 saturated carbocycles. The number of carbonyl (C=O) groups is 1. The molecule has 0 spiro atoms. The van der Waals surface area contributed by atoms with E-state index in [1.54, 1.807) is 4.52 Å². The van der Waals surface area contributed by atoms with Gasteiger partial charge in [0.15, 0.2) is 5.65 Å². The van der Waals surface area contributed by atoms with E-state index in [0.717, 1.165) is 15.9 Å². The molecule has 1 aromatic carbocycles. The molecule has 104 valence electrons. The van der Waals surface area contributed by atoms with Crippen LogP contribution in [0.25, 0.3) is 16.6 Å². The highest BCUT2D eigenvalue weighted by Gasteiger charge is 2.17. The van der Waals surface area contributed by atoms with Crippen molar-refractivity contribution in [2.24, 2.45) is 4.99 Å². The van der Waals surface area contributed by atoms with Crippen LogP contribution in [0.5, 0.6) is 0 Å². The summed E-state index contributed by atoms with van der Waals surface area (Å²) < 4.78 is 1.62. The second kappa shape index (κ2) is 5.08. The van der Waals surface area contributed by atoms with Gasteiger partial charge >= 0.3 is 0 Å². The lowest BCUT2D eigenvalue weighted by Crippen LogP contribution is -2.00. The van der Waals surface area contributed by atoms with E-state index in [4.69, 9.17) is 0 Å². The molecule has 0 bridgehead atoms. The summed E-state index contributed by atoms with van der Waals surface area (Å²) in [5, 5.41) is 19.0. The average molecular weight is 316 g/mol. The minimum Gasteiger partial charge on any atom is -0.272 e. The fourth-order valence-electron chi connectivity index (χ4n) is 2.00. The lowest BCUT2D eigenvalue weighted by Gasteiger charge is -1.99. The number of aromatic nitrogens is 5. The molecule has 7 nitrogen and oxygen atoms in total. The predicted octanol–water partition coefficient (Wildman–Crippen LogP) is 1.44. The molecule has 1 aliphatic rings. The molecule has 0 atom stereocenters. The predicted molar refractivity (Wildman–Crippen MR) is 81.7 cm³/mol. The fourth-order valence-corrected chi connectivity index (χ4v) is 3.69. The monoisotopic (exact) mass is 316 g/mol. The number of amides is 1. The SMILES string of the molecule is O=C1CSC(CSc2nnc3c4ccccc4nnn23)=N1. The van der Waals surface area contributed by atoms with Crippen molar-refractivity contribution in [1.29, 1.82) is 0 Å². The van der Waals surface area contributed by atoms with Crippen LogP contribution >= 0.6 is 23.5 Å². The Morgan fingerprint density at radius 2 is 2.14 bits per heavy atom. The van der Waals surface area contributed by atoms with E-state index >= 15 is 0 Å². The highest BCUT2D eigenvalue weighted by Crippen LogP contribution is 2.23. The van der Waals surface area contributed by atoms with Crippen LogP contribution < -0.4 is 0 Å². The van der Waals surface area contributed by atoms with Crippen LogP contribution in [0.1, 0.15) is 0 Å². The molecule has 1 amide bonds. The van der Waals surface area contributed by atoms with Gasteiger partial charge in [0, 0.05) is 11.1 Å². The number of hydrogen-bond acceptors (Lipinski definition) is 7. The van der Waals surface area contributed by atoms with Crippen LogP contribution in [0.15, 0.2) is 34.4 Å². The van der Waals surface area contributed by atoms with E-state index < -0.39 is 0 Å². The molecule has 9 heteroatoms. The average Bonchev–Trinajstić information content (AvgIpc) is 3.11. The second-order valence-corrected chi connectivity index (χ2v) is 6.29. The first-order valence-corrected chi connectivity index (χ1v) is 8.11. The smallest absolute Gasteiger partial charge is 0.256 e. The number of benzene rings is 1. The van der Waals surface area contributed by atoms with Crippen molar-refractivity contribution in [1.82, 2.24) is 25.0 Å². The number of aliphatic imine (C=N–C) groups is 1. The van der Waals surface area contributed by atoms with Gasteiger partial charge in [0.05, 0.1) is 16.3 Å². The molecule has 2 aromatic heterocycles. The Morgan fingerprint density at radius 1 is 1.24 bits per heavy atom. The summed E-state index contributed by atoms with van der Waals surface area (Å²) in [4.78, 5) is 15.0. The topological polar surface area (TPSA) is 85.4 Å². The summed E-state index contributed by atoms with van der Waals surface area (Å²) in [6.45, 7) is 0. The van der Waals surface area contributed by atoms with Gasteiger partial charge in [-0.05, 0) is 12.1 Å². The highest BCUT2D eigenvalue weighted by molar-refractivity contribution is 8.17. The van der Waals surface area contributed by atoms with Gasteiger partial charge in [-0.1, -0.05) is 40.9 Å². The molecule has 0 saturated heterocycles. The molecule has 0 N–H and O–H groups in total. The molecule has 0 fully saturated rings. The number of thioether (sulfide) groups is 2. The van der Waals surface area contributed by atoms with E-state index in [0.29, 0.717) is 22.3 Å². The summed E-state index contributed by atoms with van der Waals surface area (Å²) in [5.74, 6) is 0.944. The van der Waals surface area contributed by atoms with Crippen LogP contribution in [0.4, 0.5) is 0 Å². The van der Waals surface area contributed by atoms with Crippen LogP contribution in [0, 0.1) is 0 Å². The molecular weight excluding hydrogens is 308 g/mol. The van der Waals surface area contributed by atoms with Crippen LogP contribution in [0.2, 0.25) is 0 Å². The molecule has 0 unspecified atom stereocenters. The molecule has 3 heterocycles. The minimum atomic E-state index is -0.0764. The largest absolute Gasteiger partial charge is 0.272 e. The van der Waals surface area contributed by atoms with Gasteiger partial charge in [0.2, 0.25) is 5.16 Å². The van der Waals surface area contributed by atoms with Gasteiger partial charge in [0.25, 0.3) is 5.91 Å². The first-order chi connectivity index (χ1) is 10.3. The molecule has 1 aliphatic heterocycles. The zero-order chi connectivity index (χ0) is 14.2. The van der Waals surface area contributed by atoms with E-state index in [-0.39, 0.29) is 5.91 Å². The number of hydrogen-bond donors (Lipinski definition) is 0. The Bertz CT molecular complexity index is 890. The molecule has 21 heavy (non-hydrogen) atoms.